The number of ether oxygens (including phenoxy) is 3. The highest BCUT2D eigenvalue weighted by Gasteiger charge is 2.38. The number of amides is 2. The first-order valence-corrected chi connectivity index (χ1v) is 13.3. The molecule has 2 amide bonds. The van der Waals surface area contributed by atoms with Crippen molar-refractivity contribution in [2.75, 3.05) is 19.0 Å². The van der Waals surface area contributed by atoms with Crippen molar-refractivity contribution in [2.24, 2.45) is 10.4 Å². The Kier molecular flexibility index (Phi) is 7.51. The molecule has 0 spiro atoms. The third-order valence-corrected chi connectivity index (χ3v) is 7.13. The summed E-state index contributed by atoms with van der Waals surface area (Å²) in [6.45, 7) is 5.64. The van der Waals surface area contributed by atoms with Crippen LogP contribution < -0.4 is 20.7 Å². The van der Waals surface area contributed by atoms with Crippen molar-refractivity contribution in [1.82, 2.24) is 10.6 Å². The van der Waals surface area contributed by atoms with Gasteiger partial charge in [-0.25, -0.2) is 9.79 Å². The van der Waals surface area contributed by atoms with E-state index in [0.717, 1.165) is 16.8 Å². The number of fused-ring (bicyclic) bond motifs is 1. The van der Waals surface area contributed by atoms with Gasteiger partial charge in [0, 0.05) is 17.7 Å². The largest absolute Gasteiger partial charge is 0.473 e. The van der Waals surface area contributed by atoms with Gasteiger partial charge < -0.3 is 30.2 Å². The molecule has 4 atom stereocenters. The van der Waals surface area contributed by atoms with E-state index in [9.17, 15) is 14.4 Å². The van der Waals surface area contributed by atoms with Crippen molar-refractivity contribution < 1.29 is 28.6 Å². The number of esters is 1. The van der Waals surface area contributed by atoms with Gasteiger partial charge in [0.05, 0.1) is 13.0 Å². The number of rotatable bonds is 4. The summed E-state index contributed by atoms with van der Waals surface area (Å²) in [5.74, 6) is -0.742. The molecule has 5 rings (SSSR count). The van der Waals surface area contributed by atoms with Crippen molar-refractivity contribution in [2.45, 2.75) is 57.8 Å². The number of aliphatic imine (C=N–C) groups is 1. The molecule has 3 unspecified atom stereocenters. The molecule has 10 nitrogen and oxygen atoms in total. The highest BCUT2D eigenvalue weighted by Crippen LogP contribution is 2.41. The Balaban J connectivity index is 1.61. The van der Waals surface area contributed by atoms with Crippen molar-refractivity contribution in [3.05, 3.63) is 71.4 Å². The van der Waals surface area contributed by atoms with E-state index in [0.29, 0.717) is 12.2 Å². The number of anilines is 1. The molecule has 2 bridgehead atoms. The van der Waals surface area contributed by atoms with Crippen LogP contribution in [0.1, 0.15) is 44.2 Å². The maximum absolute atomic E-state index is 13.7. The van der Waals surface area contributed by atoms with Gasteiger partial charge in [-0.1, -0.05) is 51.1 Å². The predicted molar refractivity (Wildman–Crippen MR) is 149 cm³/mol. The van der Waals surface area contributed by atoms with Gasteiger partial charge in [0.15, 0.2) is 12.3 Å². The number of methoxy groups -OCH3 is 1. The molecule has 0 radical (unpaired) electrons. The van der Waals surface area contributed by atoms with Crippen LogP contribution in [0, 0.1) is 5.41 Å². The molecular weight excluding hydrogens is 512 g/mol. The van der Waals surface area contributed by atoms with E-state index in [1.54, 1.807) is 0 Å². The molecule has 2 aromatic carbocycles. The van der Waals surface area contributed by atoms with Crippen molar-refractivity contribution in [3.8, 4) is 5.75 Å². The summed E-state index contributed by atoms with van der Waals surface area (Å²) in [4.78, 5) is 43.2. The van der Waals surface area contributed by atoms with E-state index >= 15 is 0 Å². The maximum Gasteiger partial charge on any atom is 0.334 e. The zero-order chi connectivity index (χ0) is 28.4. The number of carbonyl (C=O) groups is 3. The van der Waals surface area contributed by atoms with Crippen LogP contribution in [-0.4, -0.2) is 55.7 Å². The van der Waals surface area contributed by atoms with Gasteiger partial charge >= 0.3 is 5.97 Å². The Hall–Kier alpha value is -4.34. The average Bonchev–Trinajstić information content (AvgIpc) is 3.54. The van der Waals surface area contributed by atoms with E-state index in [-0.39, 0.29) is 36.4 Å². The summed E-state index contributed by atoms with van der Waals surface area (Å²) in [6, 6.07) is 13.9. The lowest BCUT2D eigenvalue weighted by molar-refractivity contribution is -0.142. The number of aryl methyl sites for hydroxylation is 1. The van der Waals surface area contributed by atoms with Gasteiger partial charge in [0.2, 0.25) is 17.7 Å². The van der Waals surface area contributed by atoms with Gasteiger partial charge in [0.1, 0.15) is 24.1 Å². The molecule has 0 fully saturated rings. The van der Waals surface area contributed by atoms with E-state index in [1.807, 2.05) is 75.4 Å². The van der Waals surface area contributed by atoms with Crippen LogP contribution in [0.2, 0.25) is 0 Å². The van der Waals surface area contributed by atoms with Crippen LogP contribution in [0.5, 0.6) is 5.75 Å². The zero-order valence-corrected chi connectivity index (χ0v) is 23.0. The van der Waals surface area contributed by atoms with Crippen molar-refractivity contribution in [1.29, 1.82) is 0 Å². The van der Waals surface area contributed by atoms with Gasteiger partial charge in [-0.05, 0) is 41.7 Å². The monoisotopic (exact) mass is 546 g/mol. The number of para-hydroxylation sites is 1. The van der Waals surface area contributed by atoms with Crippen LogP contribution in [0.4, 0.5) is 5.69 Å². The molecule has 0 aliphatic carbocycles. The molecular formula is C30H34N4O6. The van der Waals surface area contributed by atoms with E-state index in [4.69, 9.17) is 14.2 Å². The highest BCUT2D eigenvalue weighted by molar-refractivity contribution is 6.01. The highest BCUT2D eigenvalue weighted by atomic mass is 16.5. The number of hydrogen-bond acceptors (Lipinski definition) is 8. The molecule has 3 heterocycles. The van der Waals surface area contributed by atoms with Crippen LogP contribution in [0.3, 0.4) is 0 Å². The maximum atomic E-state index is 13.7. The average molecular weight is 547 g/mol. The molecule has 0 aromatic heterocycles. The number of hydrogen-bond donors (Lipinski definition) is 3. The standard InChI is InChI=1S/C30H34N4O6/c1-30(2,3)25-26(36)32-21(28-33-22(16-39-28)29(37)38-4)15-20-19-14-17(11-13-24(35)34-25)10-12-23(19)40-27(20)31-18-8-6-5-7-9-18/h5-10,12,14-15,20,22,25,27,31H,11,13,16H2,1-4H3,(H,32,36)(H,34,35)/b21-15+/t20?,22?,25?,27-/m1/s1. The smallest absolute Gasteiger partial charge is 0.334 e. The van der Waals surface area contributed by atoms with Crippen LogP contribution >= 0.6 is 0 Å². The lowest BCUT2D eigenvalue weighted by atomic mass is 9.86. The zero-order valence-electron chi connectivity index (χ0n) is 23.0. The summed E-state index contributed by atoms with van der Waals surface area (Å²) in [6.07, 6.45) is 2.06. The fraction of sp³-hybridized carbons (Fsp3) is 0.400. The molecule has 0 saturated heterocycles. The first kappa shape index (κ1) is 27.2. The summed E-state index contributed by atoms with van der Waals surface area (Å²) in [5, 5.41) is 9.30. The molecule has 10 heteroatoms. The number of nitrogens with zero attached hydrogens (tertiary/aromatic N) is 1. The van der Waals surface area contributed by atoms with Gasteiger partial charge in [0.25, 0.3) is 0 Å². The van der Waals surface area contributed by atoms with E-state index < -0.39 is 35.6 Å². The third-order valence-electron chi connectivity index (χ3n) is 7.13. The summed E-state index contributed by atoms with van der Waals surface area (Å²) in [5.41, 5.74) is 2.43. The molecule has 3 aliphatic heterocycles. The Labute approximate surface area is 233 Å². The number of nitrogens with one attached hydrogen (secondary N) is 3. The third kappa shape index (κ3) is 5.80. The number of carbonyl (C=O) groups excluding carboxylic acids is 3. The second-order valence-electron chi connectivity index (χ2n) is 11.2. The predicted octanol–water partition coefficient (Wildman–Crippen LogP) is 3.05. The molecule has 0 saturated carbocycles. The molecule has 210 valence electrons. The molecule has 3 aliphatic rings. The Morgan fingerprint density at radius 1 is 1.10 bits per heavy atom. The minimum absolute atomic E-state index is 0.0117. The van der Waals surface area contributed by atoms with Gasteiger partial charge in [-0.3, -0.25) is 9.59 Å². The van der Waals surface area contributed by atoms with Crippen molar-refractivity contribution in [3.63, 3.8) is 0 Å². The van der Waals surface area contributed by atoms with E-state index in [1.165, 1.54) is 7.11 Å². The molecule has 40 heavy (non-hydrogen) atoms. The molecule has 3 N–H and O–H groups in total. The van der Waals surface area contributed by atoms with Gasteiger partial charge in [-0.15, -0.1) is 0 Å². The normalized spacial score (nSPS) is 25.8. The fourth-order valence-corrected chi connectivity index (χ4v) is 4.98. The Morgan fingerprint density at radius 3 is 2.60 bits per heavy atom. The molecule has 2 aromatic rings. The van der Waals surface area contributed by atoms with E-state index in [2.05, 4.69) is 20.9 Å². The Bertz CT molecular complexity index is 1360. The van der Waals surface area contributed by atoms with Crippen LogP contribution in [0.15, 0.2) is 65.3 Å². The van der Waals surface area contributed by atoms with Crippen molar-refractivity contribution >= 4 is 29.4 Å². The number of benzene rings is 2. The van der Waals surface area contributed by atoms with Crippen LogP contribution in [0.25, 0.3) is 0 Å². The second-order valence-corrected chi connectivity index (χ2v) is 11.2. The van der Waals surface area contributed by atoms with Gasteiger partial charge in [-0.2, -0.15) is 0 Å². The SMILES string of the molecule is COC(=O)C1COC(/C2=C\C3c4cc(ccc4O[C@H]3Nc3ccccc3)CCC(=O)NC(C(C)(C)C)C(=O)N2)=N1. The lowest BCUT2D eigenvalue weighted by Gasteiger charge is -2.30. The quantitative estimate of drug-likeness (QED) is 0.503. The minimum atomic E-state index is -0.850. The lowest BCUT2D eigenvalue weighted by Crippen LogP contribution is -2.54. The first-order valence-electron chi connectivity index (χ1n) is 13.3. The first-order chi connectivity index (χ1) is 19.1. The van der Waals surface area contributed by atoms with Crippen LogP contribution in [-0.2, 0) is 30.3 Å². The summed E-state index contributed by atoms with van der Waals surface area (Å²) >= 11 is 0. The topological polar surface area (TPSA) is 127 Å². The fourth-order valence-electron chi connectivity index (χ4n) is 4.98. The summed E-state index contributed by atoms with van der Waals surface area (Å²) < 4.78 is 17.0. The Morgan fingerprint density at radius 2 is 1.88 bits per heavy atom. The summed E-state index contributed by atoms with van der Waals surface area (Å²) in [7, 11) is 1.29. The minimum Gasteiger partial charge on any atom is -0.473 e. The second kappa shape index (κ2) is 11.0.